The zero-order chi connectivity index (χ0) is 13.0. The number of aliphatic imine (C=N–C) groups is 1. The van der Waals surface area contributed by atoms with Gasteiger partial charge in [-0.2, -0.15) is 0 Å². The fourth-order valence-corrected chi connectivity index (χ4v) is 2.87. The van der Waals surface area contributed by atoms with Crippen LogP contribution in [0.15, 0.2) is 23.2 Å². The van der Waals surface area contributed by atoms with Crippen LogP contribution in [-0.2, 0) is 0 Å². The zero-order valence-electron chi connectivity index (χ0n) is 10.1. The summed E-state index contributed by atoms with van der Waals surface area (Å²) in [6.45, 7) is 0. The molecule has 98 valence electrons. The Labute approximate surface area is 117 Å². The molecule has 18 heavy (non-hydrogen) atoms. The summed E-state index contributed by atoms with van der Waals surface area (Å²) in [4.78, 5) is 4.66. The van der Waals surface area contributed by atoms with Crippen LogP contribution in [0.25, 0.3) is 0 Å². The normalized spacial score (nSPS) is 17.8. The Bertz CT molecular complexity index is 420. The molecular weight excluding hydrogens is 269 g/mol. The molecule has 3 nitrogen and oxygen atoms in total. The Kier molecular flexibility index (Phi) is 4.87. The molecule has 1 aliphatic carbocycles. The third-order valence-electron chi connectivity index (χ3n) is 3.22. The third kappa shape index (κ3) is 3.16. The number of hydrazine groups is 1. The monoisotopic (exact) mass is 285 g/mol. The Balaban J connectivity index is 2.29. The highest BCUT2D eigenvalue weighted by atomic mass is 35.5. The number of nitrogens with zero attached hydrogens (tertiary/aromatic N) is 1. The number of nitrogens with two attached hydrogens (primary N) is 1. The molecule has 0 amide bonds. The topological polar surface area (TPSA) is 50.4 Å². The van der Waals surface area contributed by atoms with Crippen LogP contribution in [-0.4, -0.2) is 11.9 Å². The van der Waals surface area contributed by atoms with Gasteiger partial charge in [0.2, 0.25) is 0 Å². The highest BCUT2D eigenvalue weighted by molar-refractivity contribution is 6.40. The van der Waals surface area contributed by atoms with Gasteiger partial charge in [0.05, 0.1) is 21.7 Å². The van der Waals surface area contributed by atoms with E-state index in [1.54, 1.807) is 12.1 Å². The molecule has 0 aliphatic heterocycles. The van der Waals surface area contributed by atoms with Crippen molar-refractivity contribution in [2.45, 2.75) is 38.1 Å². The predicted octanol–water partition coefficient (Wildman–Crippen LogP) is 3.54. The lowest BCUT2D eigenvalue weighted by atomic mass is 9.96. The van der Waals surface area contributed by atoms with Crippen molar-refractivity contribution in [3.05, 3.63) is 33.8 Å². The van der Waals surface area contributed by atoms with E-state index in [0.29, 0.717) is 27.5 Å². The van der Waals surface area contributed by atoms with Gasteiger partial charge < -0.3 is 5.43 Å². The average Bonchev–Trinajstić information content (AvgIpc) is 2.38. The van der Waals surface area contributed by atoms with Crippen LogP contribution in [0.4, 0.5) is 0 Å². The number of halogens is 2. The minimum atomic E-state index is 0.317. The number of hydrogen-bond acceptors (Lipinski definition) is 2. The van der Waals surface area contributed by atoms with E-state index in [1.165, 1.54) is 19.3 Å². The summed E-state index contributed by atoms with van der Waals surface area (Å²) < 4.78 is 0. The molecule has 1 saturated carbocycles. The fraction of sp³-hybridized carbons (Fsp3) is 0.462. The van der Waals surface area contributed by atoms with Crippen LogP contribution >= 0.6 is 23.2 Å². The van der Waals surface area contributed by atoms with Gasteiger partial charge in [-0.1, -0.05) is 48.5 Å². The smallest absolute Gasteiger partial charge is 0.145 e. The molecule has 0 radical (unpaired) electrons. The molecule has 0 bridgehead atoms. The summed E-state index contributed by atoms with van der Waals surface area (Å²) in [5.74, 6) is 6.14. The first-order chi connectivity index (χ1) is 8.72. The maximum Gasteiger partial charge on any atom is 0.145 e. The second-order valence-corrected chi connectivity index (χ2v) is 5.32. The third-order valence-corrected chi connectivity index (χ3v) is 3.85. The van der Waals surface area contributed by atoms with Crippen molar-refractivity contribution in [2.75, 3.05) is 0 Å². The Morgan fingerprint density at radius 3 is 2.33 bits per heavy atom. The molecular formula is C13H17Cl2N3. The summed E-state index contributed by atoms with van der Waals surface area (Å²) >= 11 is 12.3. The van der Waals surface area contributed by atoms with Gasteiger partial charge in [0.15, 0.2) is 0 Å². The highest BCUT2D eigenvalue weighted by Gasteiger charge is 2.16. The van der Waals surface area contributed by atoms with Crippen LogP contribution in [0, 0.1) is 0 Å². The van der Waals surface area contributed by atoms with E-state index in [2.05, 4.69) is 10.4 Å². The van der Waals surface area contributed by atoms with E-state index in [1.807, 2.05) is 6.07 Å². The summed E-state index contributed by atoms with van der Waals surface area (Å²) in [6.07, 6.45) is 5.95. The molecule has 0 heterocycles. The quantitative estimate of drug-likeness (QED) is 0.378. The number of amidine groups is 1. The molecule has 0 saturated heterocycles. The SMILES string of the molecule is NNC(=NC1CCCCC1)c1c(Cl)cccc1Cl. The summed E-state index contributed by atoms with van der Waals surface area (Å²) in [7, 11) is 0. The second kappa shape index (κ2) is 6.41. The molecule has 0 aromatic heterocycles. The predicted molar refractivity (Wildman–Crippen MR) is 77.2 cm³/mol. The molecule has 0 unspecified atom stereocenters. The maximum absolute atomic E-state index is 6.16. The summed E-state index contributed by atoms with van der Waals surface area (Å²) in [5.41, 5.74) is 3.32. The number of nitrogens with one attached hydrogen (secondary N) is 1. The van der Waals surface area contributed by atoms with Crippen LogP contribution in [0.5, 0.6) is 0 Å². The largest absolute Gasteiger partial charge is 0.308 e. The van der Waals surface area contributed by atoms with E-state index < -0.39 is 0 Å². The molecule has 0 atom stereocenters. The molecule has 5 heteroatoms. The number of rotatable bonds is 2. The van der Waals surface area contributed by atoms with E-state index >= 15 is 0 Å². The van der Waals surface area contributed by atoms with Crippen molar-refractivity contribution in [2.24, 2.45) is 10.8 Å². The van der Waals surface area contributed by atoms with Gasteiger partial charge in [0, 0.05) is 0 Å². The van der Waals surface area contributed by atoms with E-state index in [9.17, 15) is 0 Å². The van der Waals surface area contributed by atoms with Crippen molar-refractivity contribution < 1.29 is 0 Å². The van der Waals surface area contributed by atoms with Crippen molar-refractivity contribution in [3.8, 4) is 0 Å². The van der Waals surface area contributed by atoms with Gasteiger partial charge in [-0.15, -0.1) is 0 Å². The Morgan fingerprint density at radius 2 is 1.78 bits per heavy atom. The molecule has 1 aromatic rings. The van der Waals surface area contributed by atoms with Gasteiger partial charge in [-0.3, -0.25) is 4.99 Å². The molecule has 1 aliphatic rings. The van der Waals surface area contributed by atoms with Gasteiger partial charge in [0.1, 0.15) is 5.84 Å². The first-order valence-corrected chi connectivity index (χ1v) is 6.96. The highest BCUT2D eigenvalue weighted by Crippen LogP contribution is 2.26. The van der Waals surface area contributed by atoms with Gasteiger partial charge >= 0.3 is 0 Å². The van der Waals surface area contributed by atoms with E-state index in [0.717, 1.165) is 12.8 Å². The number of hydrogen-bond donors (Lipinski definition) is 2. The van der Waals surface area contributed by atoms with E-state index in [4.69, 9.17) is 29.0 Å². The first kappa shape index (κ1) is 13.7. The standard InChI is InChI=1S/C13H17Cl2N3/c14-10-7-4-8-11(15)12(10)13(18-16)17-9-5-2-1-3-6-9/h4,7-9H,1-3,5-6,16H2,(H,17,18). The maximum atomic E-state index is 6.16. The molecule has 1 aromatic carbocycles. The molecule has 3 N–H and O–H groups in total. The summed E-state index contributed by atoms with van der Waals surface area (Å²) in [6, 6.07) is 5.70. The molecule has 1 fully saturated rings. The fourth-order valence-electron chi connectivity index (χ4n) is 2.29. The van der Waals surface area contributed by atoms with Crippen molar-refractivity contribution >= 4 is 29.0 Å². The molecule has 2 rings (SSSR count). The first-order valence-electron chi connectivity index (χ1n) is 6.21. The minimum Gasteiger partial charge on any atom is -0.308 e. The van der Waals surface area contributed by atoms with Crippen LogP contribution in [0.1, 0.15) is 37.7 Å². The van der Waals surface area contributed by atoms with Crippen LogP contribution < -0.4 is 11.3 Å². The minimum absolute atomic E-state index is 0.317. The van der Waals surface area contributed by atoms with Crippen molar-refractivity contribution in [1.29, 1.82) is 0 Å². The van der Waals surface area contributed by atoms with Gasteiger partial charge in [-0.25, -0.2) is 5.84 Å². The van der Waals surface area contributed by atoms with Gasteiger partial charge in [0.25, 0.3) is 0 Å². The Hall–Kier alpha value is -0.770. The summed E-state index contributed by atoms with van der Waals surface area (Å²) in [5, 5.41) is 1.13. The van der Waals surface area contributed by atoms with Crippen LogP contribution in [0.2, 0.25) is 10.0 Å². The average molecular weight is 286 g/mol. The lowest BCUT2D eigenvalue weighted by molar-refractivity contribution is 0.442. The van der Waals surface area contributed by atoms with Crippen molar-refractivity contribution in [1.82, 2.24) is 5.43 Å². The van der Waals surface area contributed by atoms with E-state index in [-0.39, 0.29) is 0 Å². The molecule has 0 spiro atoms. The lowest BCUT2D eigenvalue weighted by Crippen LogP contribution is -2.33. The number of benzene rings is 1. The van der Waals surface area contributed by atoms with Gasteiger partial charge in [-0.05, 0) is 25.0 Å². The zero-order valence-corrected chi connectivity index (χ0v) is 11.6. The van der Waals surface area contributed by atoms with Crippen molar-refractivity contribution in [3.63, 3.8) is 0 Å². The Morgan fingerprint density at radius 1 is 1.17 bits per heavy atom. The van der Waals surface area contributed by atoms with Crippen LogP contribution in [0.3, 0.4) is 0 Å². The lowest BCUT2D eigenvalue weighted by Gasteiger charge is -2.19. The second-order valence-electron chi connectivity index (χ2n) is 4.51.